The average Bonchev–Trinajstić information content (AvgIpc) is 2.27. The molecule has 0 radical (unpaired) electrons. The second kappa shape index (κ2) is 7.90. The van der Waals surface area contributed by atoms with E-state index in [-0.39, 0.29) is 5.04 Å². The Morgan fingerprint density at radius 1 is 1.20 bits per heavy atom. The van der Waals surface area contributed by atoms with Gasteiger partial charge in [-0.3, -0.25) is 4.57 Å². The van der Waals surface area contributed by atoms with E-state index in [1.54, 1.807) is 6.08 Å². The topological polar surface area (TPSA) is 44.8 Å². The quantitative estimate of drug-likeness (QED) is 0.333. The van der Waals surface area contributed by atoms with Gasteiger partial charge in [-0.25, -0.2) is 0 Å². The van der Waals surface area contributed by atoms with E-state index in [0.29, 0.717) is 19.6 Å². The largest absolute Gasteiger partial charge is 0.403 e. The Morgan fingerprint density at radius 2 is 1.65 bits per heavy atom. The van der Waals surface area contributed by atoms with E-state index in [1.165, 1.54) is 0 Å². The summed E-state index contributed by atoms with van der Waals surface area (Å²) in [6.07, 6.45) is 2.17. The fraction of sp³-hybridized carbons (Fsp3) is 0.857. The van der Waals surface area contributed by atoms with Gasteiger partial charge in [0.2, 0.25) is 0 Å². The molecular weight excluding hydrogens is 291 g/mol. The second-order valence-corrected chi connectivity index (χ2v) is 13.2. The molecule has 0 aromatic rings. The third-order valence-corrected chi connectivity index (χ3v) is 10.5. The number of hydrogen-bond acceptors (Lipinski definition) is 4. The fourth-order valence-corrected chi connectivity index (χ4v) is 5.44. The minimum atomic E-state index is -3.27. The van der Waals surface area contributed by atoms with Crippen molar-refractivity contribution >= 4 is 15.9 Å². The summed E-state index contributed by atoms with van der Waals surface area (Å²) >= 11 is 0. The molecule has 0 rings (SSSR count). The van der Waals surface area contributed by atoms with Gasteiger partial charge in [-0.2, -0.15) is 0 Å². The summed E-state index contributed by atoms with van der Waals surface area (Å²) in [4.78, 5) is 0. The van der Waals surface area contributed by atoms with E-state index in [4.69, 9.17) is 13.5 Å². The molecule has 0 aliphatic rings. The Bertz CT molecular complexity index is 340. The van der Waals surface area contributed by atoms with Gasteiger partial charge in [0.25, 0.3) is 0 Å². The Hall–Kier alpha value is 0.0669. The average molecular weight is 322 g/mol. The third-order valence-electron chi connectivity index (χ3n) is 3.58. The first-order valence-corrected chi connectivity index (χ1v) is 11.7. The maximum Gasteiger partial charge on any atom is 0.358 e. The molecule has 120 valence electrons. The molecule has 0 fully saturated rings. The summed E-state index contributed by atoms with van der Waals surface area (Å²) < 4.78 is 30.0. The van der Waals surface area contributed by atoms with Crippen molar-refractivity contribution < 1.29 is 18.0 Å². The van der Waals surface area contributed by atoms with Crippen LogP contribution in [0.2, 0.25) is 18.1 Å². The van der Waals surface area contributed by atoms with E-state index in [2.05, 4.69) is 40.4 Å². The lowest BCUT2D eigenvalue weighted by atomic mass is 10.2. The van der Waals surface area contributed by atoms with E-state index in [0.717, 1.165) is 0 Å². The van der Waals surface area contributed by atoms with Crippen molar-refractivity contribution in [1.82, 2.24) is 0 Å². The van der Waals surface area contributed by atoms with Crippen molar-refractivity contribution in [2.24, 2.45) is 0 Å². The second-order valence-electron chi connectivity index (χ2n) is 6.23. The molecular formula is C14H31O4PSi. The number of hydrogen-bond donors (Lipinski definition) is 0. The molecule has 0 aliphatic carbocycles. The first kappa shape index (κ1) is 20.1. The van der Waals surface area contributed by atoms with Gasteiger partial charge in [0.1, 0.15) is 0 Å². The number of rotatable bonds is 9. The van der Waals surface area contributed by atoms with Gasteiger partial charge in [-0.05, 0) is 32.0 Å². The zero-order valence-electron chi connectivity index (χ0n) is 14.1. The van der Waals surface area contributed by atoms with Crippen LogP contribution in [0.15, 0.2) is 12.7 Å². The van der Waals surface area contributed by atoms with Gasteiger partial charge in [0.05, 0.1) is 13.2 Å². The molecule has 0 N–H and O–H groups in total. The minimum Gasteiger partial charge on any atom is -0.403 e. The summed E-state index contributed by atoms with van der Waals surface area (Å²) in [6.45, 7) is 18.7. The van der Waals surface area contributed by atoms with Crippen LogP contribution in [0.5, 0.6) is 0 Å². The Labute approximate surface area is 125 Å². The SMILES string of the molecule is C=CCC(O[Si](C)(C)C(C)(C)C)P(=O)(OCC)OCC. The van der Waals surface area contributed by atoms with Gasteiger partial charge < -0.3 is 13.5 Å². The smallest absolute Gasteiger partial charge is 0.358 e. The van der Waals surface area contributed by atoms with Crippen LogP contribution in [0, 0.1) is 0 Å². The molecule has 0 saturated heterocycles. The van der Waals surface area contributed by atoms with Crippen LogP contribution in [0.4, 0.5) is 0 Å². The van der Waals surface area contributed by atoms with E-state index < -0.39 is 21.8 Å². The molecule has 1 atom stereocenters. The highest BCUT2D eigenvalue weighted by Gasteiger charge is 2.45. The Morgan fingerprint density at radius 3 is 1.95 bits per heavy atom. The predicted molar refractivity (Wildman–Crippen MR) is 87.7 cm³/mol. The van der Waals surface area contributed by atoms with E-state index >= 15 is 0 Å². The van der Waals surface area contributed by atoms with Gasteiger partial charge >= 0.3 is 7.60 Å². The van der Waals surface area contributed by atoms with Crippen LogP contribution in [0.25, 0.3) is 0 Å². The zero-order chi connectivity index (χ0) is 16.0. The normalized spacial score (nSPS) is 15.2. The maximum absolute atomic E-state index is 12.9. The molecule has 4 nitrogen and oxygen atoms in total. The lowest BCUT2D eigenvalue weighted by Gasteiger charge is -2.40. The van der Waals surface area contributed by atoms with Gasteiger partial charge in [0, 0.05) is 6.42 Å². The van der Waals surface area contributed by atoms with Crippen LogP contribution >= 0.6 is 7.60 Å². The molecule has 0 aromatic carbocycles. The first-order chi connectivity index (χ1) is 9.04. The highest BCUT2D eigenvalue weighted by atomic mass is 31.2. The van der Waals surface area contributed by atoms with Crippen LogP contribution in [0.3, 0.4) is 0 Å². The summed E-state index contributed by atoms with van der Waals surface area (Å²) in [5.74, 6) is -0.569. The van der Waals surface area contributed by atoms with Crippen LogP contribution in [0.1, 0.15) is 41.0 Å². The van der Waals surface area contributed by atoms with Crippen molar-refractivity contribution in [2.75, 3.05) is 13.2 Å². The highest BCUT2D eigenvalue weighted by molar-refractivity contribution is 7.54. The van der Waals surface area contributed by atoms with Crippen LogP contribution in [-0.2, 0) is 18.0 Å². The molecule has 0 amide bonds. The summed E-state index contributed by atoms with van der Waals surface area (Å²) in [5, 5.41) is 0.0374. The first-order valence-electron chi connectivity index (χ1n) is 7.21. The van der Waals surface area contributed by atoms with Crippen molar-refractivity contribution in [3.63, 3.8) is 0 Å². The molecule has 0 aliphatic heterocycles. The van der Waals surface area contributed by atoms with E-state index in [1.807, 2.05) is 13.8 Å². The standard InChI is InChI=1S/C14H31O4PSi/c1-9-12-13(18-20(7,8)14(4,5)6)19(15,16-10-2)17-11-3/h9,13H,1,10-12H2,2-8H3. The minimum absolute atomic E-state index is 0.0374. The molecule has 1 unspecified atom stereocenters. The van der Waals surface area contributed by atoms with Crippen molar-refractivity contribution in [3.8, 4) is 0 Å². The van der Waals surface area contributed by atoms with E-state index in [9.17, 15) is 4.57 Å². The monoisotopic (exact) mass is 322 g/mol. The molecule has 0 aromatic heterocycles. The summed E-state index contributed by atoms with van der Waals surface area (Å²) in [6, 6.07) is 0. The molecule has 20 heavy (non-hydrogen) atoms. The summed E-state index contributed by atoms with van der Waals surface area (Å²) in [7, 11) is -5.32. The van der Waals surface area contributed by atoms with Crippen molar-refractivity contribution in [2.45, 2.75) is 65.0 Å². The van der Waals surface area contributed by atoms with Crippen LogP contribution in [-0.4, -0.2) is 27.4 Å². The van der Waals surface area contributed by atoms with Crippen molar-refractivity contribution in [1.29, 1.82) is 0 Å². The zero-order valence-corrected chi connectivity index (χ0v) is 16.0. The maximum atomic E-state index is 12.9. The lowest BCUT2D eigenvalue weighted by Crippen LogP contribution is -2.44. The molecule has 0 heterocycles. The summed E-state index contributed by atoms with van der Waals surface area (Å²) in [5.41, 5.74) is 0. The predicted octanol–water partition coefficient (Wildman–Crippen LogP) is 5.18. The van der Waals surface area contributed by atoms with Gasteiger partial charge in [0.15, 0.2) is 14.2 Å². The highest BCUT2D eigenvalue weighted by Crippen LogP contribution is 2.56. The van der Waals surface area contributed by atoms with Crippen molar-refractivity contribution in [3.05, 3.63) is 12.7 Å². The molecule has 0 spiro atoms. The van der Waals surface area contributed by atoms with Gasteiger partial charge in [-0.15, -0.1) is 6.58 Å². The molecule has 0 saturated carbocycles. The molecule has 0 bridgehead atoms. The lowest BCUT2D eigenvalue weighted by molar-refractivity contribution is 0.154. The fourth-order valence-electron chi connectivity index (χ4n) is 1.46. The Kier molecular flexibility index (Phi) is 7.93. The van der Waals surface area contributed by atoms with Crippen LogP contribution < -0.4 is 0 Å². The van der Waals surface area contributed by atoms with Gasteiger partial charge in [-0.1, -0.05) is 26.8 Å². The molecule has 6 heteroatoms. The Balaban J connectivity index is 5.31. The third kappa shape index (κ3) is 5.45.